The summed E-state index contributed by atoms with van der Waals surface area (Å²) in [6, 6.07) is 7.96. The number of anilines is 2. The second-order valence-electron chi connectivity index (χ2n) is 4.65. The Balaban J connectivity index is 2.07. The molecule has 0 N–H and O–H groups in total. The topological polar surface area (TPSA) is 46.8 Å². The zero-order valence-electron chi connectivity index (χ0n) is 11.5. The van der Waals surface area contributed by atoms with Crippen LogP contribution in [0.5, 0.6) is 0 Å². The van der Waals surface area contributed by atoms with Crippen molar-refractivity contribution >= 4 is 34.0 Å². The average Bonchev–Trinajstić information content (AvgIpc) is 2.73. The normalized spacial score (nSPS) is 11.0. The minimum Gasteiger partial charge on any atom is -0.329 e. The largest absolute Gasteiger partial charge is 0.329 e. The van der Waals surface area contributed by atoms with Crippen molar-refractivity contribution in [3.63, 3.8) is 0 Å². The van der Waals surface area contributed by atoms with Gasteiger partial charge in [-0.05, 0) is 42.8 Å². The second kappa shape index (κ2) is 4.76. The van der Waals surface area contributed by atoms with Crippen LogP contribution in [0.1, 0.15) is 5.69 Å². The van der Waals surface area contributed by atoms with E-state index in [4.69, 9.17) is 11.6 Å². The van der Waals surface area contributed by atoms with Crippen molar-refractivity contribution < 1.29 is 0 Å². The van der Waals surface area contributed by atoms with Crippen molar-refractivity contribution in [2.24, 2.45) is 7.05 Å². The summed E-state index contributed by atoms with van der Waals surface area (Å²) in [6.45, 7) is 2.06. The molecule has 0 radical (unpaired) electrons. The summed E-state index contributed by atoms with van der Waals surface area (Å²) in [7, 11) is 3.90. The smallest absolute Gasteiger partial charge is 0.224 e. The van der Waals surface area contributed by atoms with E-state index >= 15 is 0 Å². The fourth-order valence-corrected chi connectivity index (χ4v) is 2.31. The molecule has 0 aliphatic rings. The lowest BCUT2D eigenvalue weighted by Gasteiger charge is -2.18. The number of hydrogen-bond acceptors (Lipinski definition) is 4. The van der Waals surface area contributed by atoms with Crippen LogP contribution in [0.25, 0.3) is 10.9 Å². The maximum atomic E-state index is 5.84. The molecule has 0 amide bonds. The lowest BCUT2D eigenvalue weighted by Crippen LogP contribution is -2.11. The second-order valence-corrected chi connectivity index (χ2v) is 4.99. The molecule has 5 nitrogen and oxygen atoms in total. The van der Waals surface area contributed by atoms with Gasteiger partial charge in [0.25, 0.3) is 0 Å². The van der Waals surface area contributed by atoms with E-state index in [1.54, 1.807) is 6.20 Å². The van der Waals surface area contributed by atoms with E-state index in [1.807, 2.05) is 41.9 Å². The Bertz CT molecular complexity index is 780. The molecule has 3 aromatic rings. The molecular weight excluding hydrogens is 274 g/mol. The molecule has 20 heavy (non-hydrogen) atoms. The molecular formula is C14H14ClN5. The molecule has 2 heterocycles. The number of halogens is 1. The van der Waals surface area contributed by atoms with Crippen LogP contribution >= 0.6 is 11.6 Å². The summed E-state index contributed by atoms with van der Waals surface area (Å²) in [5.74, 6) is 0.755. The third-order valence-corrected chi connectivity index (χ3v) is 3.64. The van der Waals surface area contributed by atoms with Gasteiger partial charge in [0.1, 0.15) is 5.82 Å². The van der Waals surface area contributed by atoms with Crippen LogP contribution in [0.15, 0.2) is 30.5 Å². The summed E-state index contributed by atoms with van der Waals surface area (Å²) in [5, 5.41) is 5.83. The Labute approximate surface area is 121 Å². The Morgan fingerprint density at radius 2 is 2.05 bits per heavy atom. The van der Waals surface area contributed by atoms with E-state index in [1.165, 1.54) is 0 Å². The zero-order valence-corrected chi connectivity index (χ0v) is 12.3. The van der Waals surface area contributed by atoms with Gasteiger partial charge in [-0.25, -0.2) is 9.97 Å². The van der Waals surface area contributed by atoms with E-state index in [0.29, 0.717) is 0 Å². The third kappa shape index (κ3) is 2.10. The molecule has 2 aromatic heterocycles. The molecule has 0 spiro atoms. The lowest BCUT2D eigenvalue weighted by molar-refractivity contribution is 0.751. The SMILES string of the molecule is Cc1c2cc(N(C)c3ccnc(Cl)n3)ccc2nn1C. The van der Waals surface area contributed by atoms with Crippen LogP contribution in [0, 0.1) is 6.92 Å². The molecule has 0 unspecified atom stereocenters. The Kier molecular flexibility index (Phi) is 3.06. The quantitative estimate of drug-likeness (QED) is 0.680. The summed E-state index contributed by atoms with van der Waals surface area (Å²) < 4.78 is 1.88. The lowest BCUT2D eigenvalue weighted by atomic mass is 10.2. The van der Waals surface area contributed by atoms with Crippen molar-refractivity contribution in [2.75, 3.05) is 11.9 Å². The van der Waals surface area contributed by atoms with Gasteiger partial charge in [0.05, 0.1) is 5.52 Å². The van der Waals surface area contributed by atoms with Crippen molar-refractivity contribution in [3.05, 3.63) is 41.4 Å². The van der Waals surface area contributed by atoms with Crippen molar-refractivity contribution in [3.8, 4) is 0 Å². The first-order valence-electron chi connectivity index (χ1n) is 6.22. The monoisotopic (exact) mass is 287 g/mol. The average molecular weight is 288 g/mol. The Morgan fingerprint density at radius 1 is 1.25 bits per heavy atom. The van der Waals surface area contributed by atoms with E-state index in [0.717, 1.165) is 28.1 Å². The van der Waals surface area contributed by atoms with E-state index in [2.05, 4.69) is 28.1 Å². The first kappa shape index (κ1) is 12.9. The van der Waals surface area contributed by atoms with Gasteiger partial charge in [0.2, 0.25) is 5.28 Å². The number of fused-ring (bicyclic) bond motifs is 1. The van der Waals surface area contributed by atoms with Crippen LogP contribution in [-0.2, 0) is 7.05 Å². The Morgan fingerprint density at radius 3 is 2.80 bits per heavy atom. The first-order chi connectivity index (χ1) is 9.56. The van der Waals surface area contributed by atoms with E-state index in [-0.39, 0.29) is 5.28 Å². The molecule has 6 heteroatoms. The number of rotatable bonds is 2. The molecule has 102 valence electrons. The van der Waals surface area contributed by atoms with Crippen molar-refractivity contribution in [1.82, 2.24) is 19.7 Å². The molecule has 0 bridgehead atoms. The molecule has 0 aliphatic heterocycles. The first-order valence-corrected chi connectivity index (χ1v) is 6.59. The third-order valence-electron chi connectivity index (χ3n) is 3.46. The van der Waals surface area contributed by atoms with Crippen LogP contribution in [-0.4, -0.2) is 26.8 Å². The van der Waals surface area contributed by atoms with Crippen LogP contribution < -0.4 is 4.90 Å². The number of hydrogen-bond donors (Lipinski definition) is 0. The molecule has 1 aromatic carbocycles. The fraction of sp³-hybridized carbons (Fsp3) is 0.214. The summed E-state index contributed by atoms with van der Waals surface area (Å²) >= 11 is 5.84. The molecule has 0 saturated heterocycles. The van der Waals surface area contributed by atoms with Gasteiger partial charge in [-0.2, -0.15) is 5.10 Å². The molecule has 0 saturated carbocycles. The zero-order chi connectivity index (χ0) is 14.3. The van der Waals surface area contributed by atoms with Crippen LogP contribution in [0.4, 0.5) is 11.5 Å². The molecule has 3 rings (SSSR count). The van der Waals surface area contributed by atoms with Crippen LogP contribution in [0.2, 0.25) is 5.28 Å². The highest BCUT2D eigenvalue weighted by molar-refractivity contribution is 6.28. The predicted molar refractivity (Wildman–Crippen MR) is 80.6 cm³/mol. The summed E-state index contributed by atoms with van der Waals surface area (Å²) in [5.41, 5.74) is 3.15. The van der Waals surface area contributed by atoms with Gasteiger partial charge in [-0.3, -0.25) is 4.68 Å². The van der Waals surface area contributed by atoms with Crippen molar-refractivity contribution in [2.45, 2.75) is 6.92 Å². The van der Waals surface area contributed by atoms with Gasteiger partial charge >= 0.3 is 0 Å². The molecule has 0 aliphatic carbocycles. The van der Waals surface area contributed by atoms with Gasteiger partial charge in [-0.15, -0.1) is 0 Å². The number of benzene rings is 1. The van der Waals surface area contributed by atoms with Gasteiger partial charge in [0.15, 0.2) is 0 Å². The molecule has 0 atom stereocenters. The number of aryl methyl sites for hydroxylation is 2. The van der Waals surface area contributed by atoms with Gasteiger partial charge in [-0.1, -0.05) is 0 Å². The van der Waals surface area contributed by atoms with Crippen LogP contribution in [0.3, 0.4) is 0 Å². The summed E-state index contributed by atoms with van der Waals surface area (Å²) in [4.78, 5) is 10.1. The van der Waals surface area contributed by atoms with Gasteiger partial charge < -0.3 is 4.90 Å². The highest BCUT2D eigenvalue weighted by Crippen LogP contribution is 2.27. The van der Waals surface area contributed by atoms with Crippen molar-refractivity contribution in [1.29, 1.82) is 0 Å². The molecule has 0 fully saturated rings. The van der Waals surface area contributed by atoms with E-state index < -0.39 is 0 Å². The highest BCUT2D eigenvalue weighted by atomic mass is 35.5. The number of aromatic nitrogens is 4. The minimum atomic E-state index is 0.244. The predicted octanol–water partition coefficient (Wildman–Crippen LogP) is 3.09. The standard InChI is InChI=1S/C14H14ClN5/c1-9-11-8-10(4-5-12(11)18-20(9)3)19(2)13-6-7-16-14(15)17-13/h4-8H,1-3H3. The van der Waals surface area contributed by atoms with E-state index in [9.17, 15) is 0 Å². The van der Waals surface area contributed by atoms with Gasteiger partial charge in [0, 0.05) is 37.1 Å². The summed E-state index contributed by atoms with van der Waals surface area (Å²) in [6.07, 6.45) is 1.65. The minimum absolute atomic E-state index is 0.244. The fourth-order valence-electron chi connectivity index (χ4n) is 2.17. The maximum Gasteiger partial charge on any atom is 0.224 e. The maximum absolute atomic E-state index is 5.84. The number of nitrogens with zero attached hydrogens (tertiary/aromatic N) is 5. The highest BCUT2D eigenvalue weighted by Gasteiger charge is 2.10. The Hall–Kier alpha value is -2.14.